The molecule has 4 nitrogen and oxygen atoms in total. The minimum absolute atomic E-state index is 0.0421. The second kappa shape index (κ2) is 4.00. The lowest BCUT2D eigenvalue weighted by Crippen LogP contribution is -2.58. The molecule has 0 bridgehead atoms. The molecule has 1 unspecified atom stereocenters. The van der Waals surface area contributed by atoms with Gasteiger partial charge in [-0.2, -0.15) is 0 Å². The van der Waals surface area contributed by atoms with E-state index in [1.54, 1.807) is 0 Å². The van der Waals surface area contributed by atoms with Crippen LogP contribution in [0.15, 0.2) is 0 Å². The van der Waals surface area contributed by atoms with Crippen molar-refractivity contribution in [2.24, 2.45) is 11.7 Å². The smallest absolute Gasteiger partial charge is 0.315 e. The average molecular weight is 211 g/mol. The fraction of sp³-hybridized carbons (Fsp3) is 0.909. The van der Waals surface area contributed by atoms with Crippen molar-refractivity contribution < 1.29 is 4.79 Å². The highest BCUT2D eigenvalue weighted by Gasteiger charge is 2.41. The van der Waals surface area contributed by atoms with Crippen molar-refractivity contribution in [1.29, 1.82) is 0 Å². The first-order chi connectivity index (χ1) is 7.14. The summed E-state index contributed by atoms with van der Waals surface area (Å²) in [5.41, 5.74) is 5.53. The molecule has 1 atom stereocenters. The van der Waals surface area contributed by atoms with E-state index in [9.17, 15) is 4.79 Å². The van der Waals surface area contributed by atoms with E-state index in [1.165, 1.54) is 19.3 Å². The number of amides is 2. The number of hydrogen-bond acceptors (Lipinski definition) is 2. The number of nitrogens with one attached hydrogen (secondary N) is 2. The number of nitrogens with two attached hydrogens (primary N) is 1. The van der Waals surface area contributed by atoms with Crippen LogP contribution >= 0.6 is 0 Å². The Morgan fingerprint density at radius 2 is 2.07 bits per heavy atom. The lowest BCUT2D eigenvalue weighted by Gasteiger charge is -2.32. The van der Waals surface area contributed by atoms with Crippen LogP contribution in [0.5, 0.6) is 0 Å². The number of carbonyl (C=O) groups excluding carboxylic acids is 1. The molecular formula is C11H21N3O. The van der Waals surface area contributed by atoms with Gasteiger partial charge in [0, 0.05) is 12.6 Å². The fourth-order valence-corrected chi connectivity index (χ4v) is 2.07. The summed E-state index contributed by atoms with van der Waals surface area (Å²) in [6.45, 7) is 2.57. The van der Waals surface area contributed by atoms with Gasteiger partial charge in [-0.15, -0.1) is 0 Å². The first-order valence-corrected chi connectivity index (χ1v) is 5.93. The Morgan fingerprint density at radius 1 is 1.40 bits per heavy atom. The van der Waals surface area contributed by atoms with Gasteiger partial charge >= 0.3 is 6.03 Å². The maximum atomic E-state index is 11.7. The van der Waals surface area contributed by atoms with Crippen LogP contribution in [0.4, 0.5) is 4.79 Å². The zero-order valence-corrected chi connectivity index (χ0v) is 9.38. The largest absolute Gasteiger partial charge is 0.335 e. The van der Waals surface area contributed by atoms with Gasteiger partial charge in [-0.25, -0.2) is 4.79 Å². The predicted octanol–water partition coefficient (Wildman–Crippen LogP) is 0.965. The summed E-state index contributed by atoms with van der Waals surface area (Å²) in [5.74, 6) is 0.578. The van der Waals surface area contributed by atoms with Crippen molar-refractivity contribution in [3.63, 3.8) is 0 Å². The maximum absolute atomic E-state index is 11.7. The first-order valence-electron chi connectivity index (χ1n) is 5.93. The molecule has 0 aromatic rings. The average Bonchev–Trinajstić information content (AvgIpc) is 2.94. The number of carbonyl (C=O) groups is 1. The minimum Gasteiger partial charge on any atom is -0.335 e. The van der Waals surface area contributed by atoms with Gasteiger partial charge < -0.3 is 16.4 Å². The van der Waals surface area contributed by atoms with E-state index in [-0.39, 0.29) is 11.6 Å². The summed E-state index contributed by atoms with van der Waals surface area (Å²) in [5, 5.41) is 6.01. The third-order valence-electron chi connectivity index (χ3n) is 3.74. The van der Waals surface area contributed by atoms with E-state index in [0.29, 0.717) is 18.5 Å². The molecule has 0 saturated heterocycles. The van der Waals surface area contributed by atoms with E-state index in [1.807, 2.05) is 6.92 Å². The zero-order valence-electron chi connectivity index (χ0n) is 9.38. The van der Waals surface area contributed by atoms with Crippen LogP contribution in [-0.2, 0) is 0 Å². The Bertz CT molecular complexity index is 248. The highest BCUT2D eigenvalue weighted by atomic mass is 16.2. The molecule has 4 N–H and O–H groups in total. The summed E-state index contributed by atoms with van der Waals surface area (Å²) in [6, 6.07) is 0.353. The molecule has 0 aromatic carbocycles. The molecule has 2 amide bonds. The van der Waals surface area contributed by atoms with Crippen molar-refractivity contribution in [2.75, 3.05) is 6.54 Å². The Kier molecular flexibility index (Phi) is 2.87. The second-order valence-electron chi connectivity index (χ2n) is 5.12. The third kappa shape index (κ3) is 2.43. The van der Waals surface area contributed by atoms with Gasteiger partial charge in [-0.3, -0.25) is 0 Å². The molecule has 2 fully saturated rings. The topological polar surface area (TPSA) is 67.1 Å². The number of urea groups is 1. The number of hydrogen-bond donors (Lipinski definition) is 3. The van der Waals surface area contributed by atoms with Crippen LogP contribution in [0.2, 0.25) is 0 Å². The summed E-state index contributed by atoms with van der Waals surface area (Å²) in [4.78, 5) is 11.7. The van der Waals surface area contributed by atoms with Crippen LogP contribution in [0.3, 0.4) is 0 Å². The Hall–Kier alpha value is -0.770. The summed E-state index contributed by atoms with van der Waals surface area (Å²) < 4.78 is 0. The van der Waals surface area contributed by atoms with Crippen LogP contribution < -0.4 is 16.4 Å². The third-order valence-corrected chi connectivity index (χ3v) is 3.74. The van der Waals surface area contributed by atoms with Crippen LogP contribution in [0.1, 0.15) is 39.0 Å². The molecule has 0 radical (unpaired) electrons. The zero-order chi connectivity index (χ0) is 10.9. The predicted molar refractivity (Wildman–Crippen MR) is 59.5 cm³/mol. The Balaban J connectivity index is 1.80. The molecule has 0 aliphatic heterocycles. The first kappa shape index (κ1) is 10.7. The summed E-state index contributed by atoms with van der Waals surface area (Å²) >= 11 is 0. The molecule has 2 aliphatic rings. The van der Waals surface area contributed by atoms with E-state index >= 15 is 0 Å². The molecule has 0 spiro atoms. The Labute approximate surface area is 91.0 Å². The van der Waals surface area contributed by atoms with Gasteiger partial charge in [0.2, 0.25) is 0 Å². The molecule has 0 heterocycles. The van der Waals surface area contributed by atoms with Gasteiger partial charge in [0.05, 0.1) is 5.54 Å². The van der Waals surface area contributed by atoms with Gasteiger partial charge in [0.25, 0.3) is 0 Å². The van der Waals surface area contributed by atoms with Crippen molar-refractivity contribution in [2.45, 2.75) is 50.6 Å². The van der Waals surface area contributed by atoms with E-state index in [4.69, 9.17) is 5.73 Å². The van der Waals surface area contributed by atoms with E-state index < -0.39 is 0 Å². The lowest BCUT2D eigenvalue weighted by molar-refractivity contribution is 0.211. The van der Waals surface area contributed by atoms with E-state index in [2.05, 4.69) is 10.6 Å². The van der Waals surface area contributed by atoms with Crippen LogP contribution in [0, 0.1) is 5.92 Å². The van der Waals surface area contributed by atoms with Gasteiger partial charge in [-0.05, 0) is 44.9 Å². The monoisotopic (exact) mass is 211 g/mol. The summed E-state index contributed by atoms with van der Waals surface area (Å²) in [6.07, 6.45) is 5.86. The summed E-state index contributed by atoms with van der Waals surface area (Å²) in [7, 11) is 0. The van der Waals surface area contributed by atoms with Gasteiger partial charge in [0.15, 0.2) is 0 Å². The molecule has 2 aliphatic carbocycles. The highest BCUT2D eigenvalue weighted by Crippen LogP contribution is 2.38. The SMILES string of the molecule is CC(CN)(NC(=O)NC1CCC1)C1CC1. The highest BCUT2D eigenvalue weighted by molar-refractivity contribution is 5.75. The molecule has 2 rings (SSSR count). The van der Waals surface area contributed by atoms with E-state index in [0.717, 1.165) is 12.8 Å². The molecular weight excluding hydrogens is 190 g/mol. The maximum Gasteiger partial charge on any atom is 0.315 e. The van der Waals surface area contributed by atoms with Crippen molar-refractivity contribution >= 4 is 6.03 Å². The standard InChI is InChI=1S/C11H21N3O/c1-11(7-12,8-5-6-8)14-10(15)13-9-3-2-4-9/h8-9H,2-7,12H2,1H3,(H2,13,14,15). The van der Waals surface area contributed by atoms with Crippen molar-refractivity contribution in [3.05, 3.63) is 0 Å². The lowest BCUT2D eigenvalue weighted by atomic mass is 9.93. The fourth-order valence-electron chi connectivity index (χ4n) is 2.07. The Morgan fingerprint density at radius 3 is 2.47 bits per heavy atom. The second-order valence-corrected chi connectivity index (χ2v) is 5.12. The number of rotatable bonds is 4. The normalized spacial score (nSPS) is 25.2. The minimum atomic E-state index is -0.201. The molecule has 0 aromatic heterocycles. The molecule has 15 heavy (non-hydrogen) atoms. The van der Waals surface area contributed by atoms with Crippen molar-refractivity contribution in [3.8, 4) is 0 Å². The molecule has 2 saturated carbocycles. The van der Waals surface area contributed by atoms with Crippen molar-refractivity contribution in [1.82, 2.24) is 10.6 Å². The van der Waals surface area contributed by atoms with Gasteiger partial charge in [-0.1, -0.05) is 0 Å². The quantitative estimate of drug-likeness (QED) is 0.648. The molecule has 4 heteroatoms. The molecule has 86 valence electrons. The van der Waals surface area contributed by atoms with Crippen LogP contribution in [0.25, 0.3) is 0 Å². The van der Waals surface area contributed by atoms with Crippen LogP contribution in [-0.4, -0.2) is 24.2 Å². The van der Waals surface area contributed by atoms with Gasteiger partial charge in [0.1, 0.15) is 0 Å².